The summed E-state index contributed by atoms with van der Waals surface area (Å²) in [6, 6.07) is 1.23. The summed E-state index contributed by atoms with van der Waals surface area (Å²) in [6.45, 7) is 6.62. The second-order valence-corrected chi connectivity index (χ2v) is 9.92. The molecule has 0 amide bonds. The number of alkyl halides is 2. The summed E-state index contributed by atoms with van der Waals surface area (Å²) in [5, 5.41) is 0. The fraction of sp³-hybridized carbons (Fsp3) is 1.00. The van der Waals surface area contributed by atoms with Gasteiger partial charge in [0.15, 0.2) is 0 Å². The molecular weight excluding hydrogens is 171 g/mol. The number of hydrogen-bond acceptors (Lipinski definition) is 0. The van der Waals surface area contributed by atoms with E-state index in [1.165, 1.54) is 12.5 Å². The third-order valence-corrected chi connectivity index (χ3v) is 8.00. The van der Waals surface area contributed by atoms with Crippen LogP contribution in [0.2, 0.25) is 19.1 Å². The summed E-state index contributed by atoms with van der Waals surface area (Å²) >= 11 is 11.6. The molecular formula is C6H14Cl2Si. The molecule has 0 bridgehead atoms. The van der Waals surface area contributed by atoms with E-state index in [0.717, 1.165) is 0 Å². The third-order valence-electron chi connectivity index (χ3n) is 1.49. The van der Waals surface area contributed by atoms with Gasteiger partial charge < -0.3 is 0 Å². The van der Waals surface area contributed by atoms with Crippen LogP contribution in [0.25, 0.3) is 0 Å². The quantitative estimate of drug-likeness (QED) is 0.466. The van der Waals surface area contributed by atoms with Crippen LogP contribution >= 0.6 is 23.2 Å². The van der Waals surface area contributed by atoms with Crippen molar-refractivity contribution in [3.63, 3.8) is 0 Å². The van der Waals surface area contributed by atoms with Crippen molar-refractivity contribution in [3.05, 3.63) is 0 Å². The van der Waals surface area contributed by atoms with Crippen LogP contribution in [0.4, 0.5) is 0 Å². The van der Waals surface area contributed by atoms with Crippen LogP contribution in [0, 0.1) is 0 Å². The van der Waals surface area contributed by atoms with Crippen LogP contribution < -0.4 is 0 Å². The van der Waals surface area contributed by atoms with Gasteiger partial charge in [-0.25, -0.2) is 0 Å². The molecule has 0 nitrogen and oxygen atoms in total. The topological polar surface area (TPSA) is 0 Å². The van der Waals surface area contributed by atoms with E-state index in [9.17, 15) is 0 Å². The molecule has 0 aliphatic carbocycles. The van der Waals surface area contributed by atoms with Gasteiger partial charge in [0, 0.05) is 0 Å². The standard InChI is InChI=1S/C6H14Cl2Si/c1-4-5-9(2,3)6(7)8/h6H,4-5H2,1-3H3. The molecule has 0 unspecified atom stereocenters. The molecule has 0 saturated carbocycles. The van der Waals surface area contributed by atoms with Gasteiger partial charge in [0.05, 0.1) is 12.5 Å². The summed E-state index contributed by atoms with van der Waals surface area (Å²) in [7, 11) is -1.25. The fourth-order valence-corrected chi connectivity index (χ4v) is 2.91. The predicted octanol–water partition coefficient (Wildman–Crippen LogP) is 3.45. The second-order valence-electron chi connectivity index (χ2n) is 3.04. The number of rotatable bonds is 3. The molecule has 0 aromatic rings. The Labute approximate surface area is 68.6 Å². The number of halogens is 2. The first kappa shape index (κ1) is 9.80. The van der Waals surface area contributed by atoms with E-state index in [0.29, 0.717) is 0 Å². The monoisotopic (exact) mass is 184 g/mol. The lowest BCUT2D eigenvalue weighted by atomic mass is 10.6. The van der Waals surface area contributed by atoms with Crippen molar-refractivity contribution in [3.8, 4) is 0 Å². The molecule has 0 aliphatic rings. The molecule has 0 radical (unpaired) electrons. The van der Waals surface area contributed by atoms with Crippen molar-refractivity contribution in [2.24, 2.45) is 0 Å². The zero-order valence-electron chi connectivity index (χ0n) is 6.25. The van der Waals surface area contributed by atoms with Crippen LogP contribution in [0.3, 0.4) is 0 Å². The van der Waals surface area contributed by atoms with Gasteiger partial charge >= 0.3 is 0 Å². The van der Waals surface area contributed by atoms with Crippen LogP contribution in [0.15, 0.2) is 0 Å². The van der Waals surface area contributed by atoms with E-state index in [4.69, 9.17) is 23.2 Å². The van der Waals surface area contributed by atoms with E-state index in [1.54, 1.807) is 0 Å². The van der Waals surface area contributed by atoms with Crippen molar-refractivity contribution in [2.45, 2.75) is 36.9 Å². The Morgan fingerprint density at radius 2 is 1.78 bits per heavy atom. The molecule has 0 aromatic carbocycles. The smallest absolute Gasteiger partial charge is 0.0971 e. The maximum Gasteiger partial charge on any atom is 0.0971 e. The molecule has 0 rings (SSSR count). The fourth-order valence-electron chi connectivity index (χ4n) is 0.753. The molecule has 0 aliphatic heterocycles. The lowest BCUT2D eigenvalue weighted by Crippen LogP contribution is -2.33. The Morgan fingerprint density at radius 3 is 1.89 bits per heavy atom. The minimum absolute atomic E-state index is 0.0996. The first-order chi connectivity index (χ1) is 4.00. The maximum absolute atomic E-state index is 5.78. The SMILES string of the molecule is CCC[Si](C)(C)C(Cl)Cl. The predicted molar refractivity (Wildman–Crippen MR) is 48.1 cm³/mol. The second kappa shape index (κ2) is 3.84. The van der Waals surface area contributed by atoms with Gasteiger partial charge in [-0.3, -0.25) is 0 Å². The molecule has 0 atom stereocenters. The van der Waals surface area contributed by atoms with Crippen LogP contribution in [-0.2, 0) is 0 Å². The first-order valence-electron chi connectivity index (χ1n) is 3.29. The van der Waals surface area contributed by atoms with Gasteiger partial charge in [0.2, 0.25) is 0 Å². The molecule has 0 saturated heterocycles. The average Bonchev–Trinajstić information content (AvgIpc) is 1.65. The van der Waals surface area contributed by atoms with E-state index in [1.807, 2.05) is 0 Å². The van der Waals surface area contributed by atoms with E-state index in [2.05, 4.69) is 20.0 Å². The minimum Gasteiger partial charge on any atom is -0.109 e. The summed E-state index contributed by atoms with van der Waals surface area (Å²) < 4.78 is -0.0996. The Kier molecular flexibility index (Phi) is 4.18. The Balaban J connectivity index is 3.70. The minimum atomic E-state index is -1.25. The zero-order chi connectivity index (χ0) is 7.49. The normalized spacial score (nSPS) is 12.7. The van der Waals surface area contributed by atoms with E-state index in [-0.39, 0.29) is 4.46 Å². The van der Waals surface area contributed by atoms with Crippen LogP contribution in [0.5, 0.6) is 0 Å². The van der Waals surface area contributed by atoms with Gasteiger partial charge in [-0.15, -0.1) is 23.2 Å². The molecule has 0 spiro atoms. The third kappa shape index (κ3) is 3.49. The average molecular weight is 185 g/mol. The number of hydrogen-bond donors (Lipinski definition) is 0. The van der Waals surface area contributed by atoms with Crippen LogP contribution in [-0.4, -0.2) is 12.5 Å². The lowest BCUT2D eigenvalue weighted by Gasteiger charge is -2.21. The van der Waals surface area contributed by atoms with Crippen molar-refractivity contribution < 1.29 is 0 Å². The highest BCUT2D eigenvalue weighted by molar-refractivity contribution is 6.92. The Bertz CT molecular complexity index is 81.1. The van der Waals surface area contributed by atoms with Gasteiger partial charge in [-0.1, -0.05) is 32.5 Å². The van der Waals surface area contributed by atoms with Crippen molar-refractivity contribution in [1.82, 2.24) is 0 Å². The summed E-state index contributed by atoms with van der Waals surface area (Å²) in [5.41, 5.74) is 0. The largest absolute Gasteiger partial charge is 0.109 e. The van der Waals surface area contributed by atoms with Gasteiger partial charge in [0.25, 0.3) is 0 Å². The molecule has 3 heteroatoms. The van der Waals surface area contributed by atoms with Crippen molar-refractivity contribution >= 4 is 31.3 Å². The van der Waals surface area contributed by atoms with Gasteiger partial charge in [-0.05, 0) is 0 Å². The van der Waals surface area contributed by atoms with Crippen molar-refractivity contribution in [1.29, 1.82) is 0 Å². The zero-order valence-corrected chi connectivity index (χ0v) is 8.76. The highest BCUT2D eigenvalue weighted by Crippen LogP contribution is 2.23. The molecule has 9 heavy (non-hydrogen) atoms. The molecule has 0 fully saturated rings. The summed E-state index contributed by atoms with van der Waals surface area (Å²) in [6.07, 6.45) is 1.20. The van der Waals surface area contributed by atoms with Crippen LogP contribution in [0.1, 0.15) is 13.3 Å². The first-order valence-corrected chi connectivity index (χ1v) is 7.44. The van der Waals surface area contributed by atoms with E-state index < -0.39 is 8.07 Å². The molecule has 0 aromatic heterocycles. The Hall–Kier alpha value is 0.797. The molecule has 56 valence electrons. The highest BCUT2D eigenvalue weighted by atomic mass is 35.5. The maximum atomic E-state index is 5.78. The van der Waals surface area contributed by atoms with Crippen molar-refractivity contribution in [2.75, 3.05) is 0 Å². The highest BCUT2D eigenvalue weighted by Gasteiger charge is 2.27. The van der Waals surface area contributed by atoms with Gasteiger partial charge in [-0.2, -0.15) is 0 Å². The summed E-state index contributed by atoms with van der Waals surface area (Å²) in [4.78, 5) is 0. The molecule has 0 heterocycles. The lowest BCUT2D eigenvalue weighted by molar-refractivity contribution is 1.04. The van der Waals surface area contributed by atoms with E-state index >= 15 is 0 Å². The van der Waals surface area contributed by atoms with Gasteiger partial charge in [0.1, 0.15) is 0 Å². The summed E-state index contributed by atoms with van der Waals surface area (Å²) in [5.74, 6) is 0. The Morgan fingerprint density at radius 1 is 1.33 bits per heavy atom. The molecule has 0 N–H and O–H groups in total.